The van der Waals surface area contributed by atoms with E-state index in [1.165, 1.54) is 4.57 Å². The third-order valence-electron chi connectivity index (χ3n) is 9.93. The molecule has 2 aliphatic heterocycles. The number of aryl methyl sites for hydroxylation is 2. The van der Waals surface area contributed by atoms with E-state index in [0.717, 1.165) is 81.3 Å². The number of hydrogen-bond donors (Lipinski definition) is 5. The molecule has 4 heterocycles. The van der Waals surface area contributed by atoms with Gasteiger partial charge in [0.1, 0.15) is 17.6 Å². The van der Waals surface area contributed by atoms with Gasteiger partial charge in [0.05, 0.1) is 17.2 Å². The minimum Gasteiger partial charge on any atom is -0.507 e. The van der Waals surface area contributed by atoms with Crippen molar-refractivity contribution in [3.8, 4) is 5.75 Å². The van der Waals surface area contributed by atoms with Crippen LogP contribution in [0.25, 0.3) is 22.3 Å². The Kier molecular flexibility index (Phi) is 10.4. The van der Waals surface area contributed by atoms with Crippen LogP contribution in [0.3, 0.4) is 0 Å². The van der Waals surface area contributed by atoms with Gasteiger partial charge in [0.2, 0.25) is 11.8 Å². The standard InChI is InChI=1S/C37H47N9O4/c1-43-32-18-24(12-13-30(32)46(37(43)50)31-14-15-34(48)42-36(31)49)8-3-2-6-16-44-17-7-9-25(21-44)22-45-23-26(20-41-45)28(35(39)40)19-29(38)27-10-4-5-11-33(27)47/h4-5,10-13,18-20,23,25,31,47H,2-3,6-9,14-17,21-22,38-40H2,1H3,(H,42,48,49)/b29-19-. The summed E-state index contributed by atoms with van der Waals surface area (Å²) < 4.78 is 5.06. The molecule has 2 atom stereocenters. The van der Waals surface area contributed by atoms with Gasteiger partial charge in [-0.25, -0.2) is 4.79 Å². The monoisotopic (exact) mass is 681 g/mol. The van der Waals surface area contributed by atoms with Crippen LogP contribution in [0, 0.1) is 5.92 Å². The van der Waals surface area contributed by atoms with E-state index in [1.807, 2.05) is 23.0 Å². The van der Waals surface area contributed by atoms with Crippen molar-refractivity contribution in [3.05, 3.63) is 93.9 Å². The number of imidazole rings is 1. The molecule has 2 aromatic carbocycles. The van der Waals surface area contributed by atoms with Gasteiger partial charge in [-0.3, -0.25) is 28.7 Å². The Labute approximate surface area is 291 Å². The number of phenols is 1. The zero-order chi connectivity index (χ0) is 35.4. The summed E-state index contributed by atoms with van der Waals surface area (Å²) in [6, 6.07) is 12.2. The van der Waals surface area contributed by atoms with Crippen molar-refractivity contribution in [2.24, 2.45) is 30.2 Å². The number of carbonyl (C=O) groups is 2. The van der Waals surface area contributed by atoms with Crippen molar-refractivity contribution in [1.29, 1.82) is 0 Å². The van der Waals surface area contributed by atoms with Gasteiger partial charge in [0.25, 0.3) is 0 Å². The van der Waals surface area contributed by atoms with Gasteiger partial charge >= 0.3 is 5.69 Å². The number of hydrogen-bond acceptors (Lipinski definition) is 9. The number of nitrogens with two attached hydrogens (primary N) is 3. The maximum Gasteiger partial charge on any atom is 0.329 e. The average molecular weight is 682 g/mol. The normalized spacial score (nSPS) is 18.8. The first kappa shape index (κ1) is 34.6. The number of allylic oxidation sites excluding steroid dienone is 2. The van der Waals surface area contributed by atoms with E-state index in [-0.39, 0.29) is 29.6 Å². The van der Waals surface area contributed by atoms with Crippen molar-refractivity contribution in [1.82, 2.24) is 29.1 Å². The van der Waals surface area contributed by atoms with Crippen LogP contribution in [0.2, 0.25) is 0 Å². The Bertz CT molecular complexity index is 2000. The molecular formula is C37H47N9O4. The lowest BCUT2D eigenvalue weighted by Crippen LogP contribution is -2.44. The molecule has 0 saturated carbocycles. The second-order valence-electron chi connectivity index (χ2n) is 13.6. The number of nitrogens with zero attached hydrogens (tertiary/aromatic N) is 5. The third kappa shape index (κ3) is 7.62. The molecule has 264 valence electrons. The number of likely N-dealkylation sites (tertiary alicyclic amines) is 1. The topological polar surface area (TPSA) is 192 Å². The third-order valence-corrected chi connectivity index (χ3v) is 9.93. The second kappa shape index (κ2) is 15.1. The van der Waals surface area contributed by atoms with Crippen LogP contribution in [0.5, 0.6) is 5.75 Å². The highest BCUT2D eigenvalue weighted by molar-refractivity contribution is 6.00. The molecule has 2 unspecified atom stereocenters. The van der Waals surface area contributed by atoms with Crippen LogP contribution in [-0.4, -0.2) is 60.4 Å². The molecule has 0 aliphatic carbocycles. The molecule has 50 heavy (non-hydrogen) atoms. The molecule has 0 bridgehead atoms. The number of para-hydroxylation sites is 1. The second-order valence-corrected chi connectivity index (χ2v) is 13.6. The minimum absolute atomic E-state index is 0.0844. The van der Waals surface area contributed by atoms with E-state index < -0.39 is 11.9 Å². The number of rotatable bonds is 12. The summed E-state index contributed by atoms with van der Waals surface area (Å²) in [5, 5.41) is 17.1. The van der Waals surface area contributed by atoms with Gasteiger partial charge in [0.15, 0.2) is 0 Å². The van der Waals surface area contributed by atoms with E-state index in [4.69, 9.17) is 17.2 Å². The van der Waals surface area contributed by atoms with E-state index in [2.05, 4.69) is 21.4 Å². The number of aromatic nitrogens is 4. The molecular weight excluding hydrogens is 634 g/mol. The van der Waals surface area contributed by atoms with Crippen LogP contribution in [-0.2, 0) is 29.6 Å². The van der Waals surface area contributed by atoms with Gasteiger partial charge in [-0.2, -0.15) is 5.10 Å². The van der Waals surface area contributed by atoms with Crippen LogP contribution in [0.15, 0.2) is 71.5 Å². The molecule has 2 aromatic heterocycles. The number of aromatic hydroxyl groups is 1. The summed E-state index contributed by atoms with van der Waals surface area (Å²) in [7, 11) is 1.73. The number of piperidine rings is 2. The molecule has 4 aromatic rings. The van der Waals surface area contributed by atoms with Crippen molar-refractivity contribution in [2.75, 3.05) is 19.6 Å². The van der Waals surface area contributed by atoms with Crippen molar-refractivity contribution in [2.45, 2.75) is 64.0 Å². The molecule has 13 heteroatoms. The van der Waals surface area contributed by atoms with Gasteiger partial charge in [0, 0.05) is 55.2 Å². The van der Waals surface area contributed by atoms with Crippen LogP contribution >= 0.6 is 0 Å². The Hall–Kier alpha value is -5.30. The summed E-state index contributed by atoms with van der Waals surface area (Å²) in [5.41, 5.74) is 23.0. The summed E-state index contributed by atoms with van der Waals surface area (Å²) in [6.45, 7) is 3.97. The molecule has 0 radical (unpaired) electrons. The molecule has 0 spiro atoms. The molecule has 8 N–H and O–H groups in total. The average Bonchev–Trinajstić information content (AvgIpc) is 3.65. The number of nitrogens with one attached hydrogen (secondary N) is 1. The maximum atomic E-state index is 13.1. The van der Waals surface area contributed by atoms with Gasteiger partial charge in [-0.15, -0.1) is 0 Å². The van der Waals surface area contributed by atoms with Crippen LogP contribution in [0.1, 0.15) is 67.7 Å². The molecule has 13 nitrogen and oxygen atoms in total. The fourth-order valence-electron chi connectivity index (χ4n) is 7.29. The van der Waals surface area contributed by atoms with Crippen LogP contribution in [0.4, 0.5) is 0 Å². The lowest BCUT2D eigenvalue weighted by Gasteiger charge is -2.32. The van der Waals surface area contributed by atoms with Crippen LogP contribution < -0.4 is 28.2 Å². The van der Waals surface area contributed by atoms with Crippen molar-refractivity contribution in [3.63, 3.8) is 0 Å². The Balaban J connectivity index is 0.984. The van der Waals surface area contributed by atoms with E-state index in [9.17, 15) is 19.5 Å². The minimum atomic E-state index is -0.675. The van der Waals surface area contributed by atoms with Gasteiger partial charge in [-0.05, 0) is 93.4 Å². The number of carbonyl (C=O) groups excluding carboxylic acids is 2. The van der Waals surface area contributed by atoms with Crippen molar-refractivity contribution < 1.29 is 14.7 Å². The first-order valence-corrected chi connectivity index (χ1v) is 17.4. The smallest absolute Gasteiger partial charge is 0.329 e. The summed E-state index contributed by atoms with van der Waals surface area (Å²) in [6.07, 6.45) is 12.4. The molecule has 6 rings (SSSR count). The Morgan fingerprint density at radius 3 is 2.64 bits per heavy atom. The van der Waals surface area contributed by atoms with Crippen molar-refractivity contribution >= 4 is 34.1 Å². The van der Waals surface area contributed by atoms with E-state index in [1.54, 1.807) is 48.2 Å². The predicted octanol–water partition coefficient (Wildman–Crippen LogP) is 2.93. The maximum absolute atomic E-state index is 13.1. The molecule has 2 saturated heterocycles. The Morgan fingerprint density at radius 2 is 1.86 bits per heavy atom. The lowest BCUT2D eigenvalue weighted by atomic mass is 9.97. The highest BCUT2D eigenvalue weighted by atomic mass is 16.3. The SMILES string of the molecule is Cn1c(=O)n(C2CCC(=O)NC2=O)c2ccc(CCCCCN3CCCC(Cn4cc(C(/C=C(\N)c5ccccc5O)=C(N)N)cn4)C3)cc21. The van der Waals surface area contributed by atoms with Gasteiger partial charge in [-0.1, -0.05) is 24.6 Å². The number of amides is 2. The zero-order valence-corrected chi connectivity index (χ0v) is 28.6. The first-order chi connectivity index (χ1) is 24.1. The number of imide groups is 1. The summed E-state index contributed by atoms with van der Waals surface area (Å²) in [4.78, 5) is 39.7. The molecule has 2 aliphatic rings. The lowest BCUT2D eigenvalue weighted by molar-refractivity contribution is -0.135. The van der Waals surface area contributed by atoms with E-state index >= 15 is 0 Å². The number of benzene rings is 2. The first-order valence-electron chi connectivity index (χ1n) is 17.4. The fraction of sp³-hybridized carbons (Fsp3) is 0.405. The number of phenolic OH excluding ortho intramolecular Hbond substituents is 1. The fourth-order valence-corrected chi connectivity index (χ4v) is 7.29. The Morgan fingerprint density at radius 1 is 1.04 bits per heavy atom. The highest BCUT2D eigenvalue weighted by Crippen LogP contribution is 2.27. The molecule has 2 amide bonds. The quantitative estimate of drug-likeness (QED) is 0.0850. The number of fused-ring (bicyclic) bond motifs is 1. The summed E-state index contributed by atoms with van der Waals surface area (Å²) in [5.74, 6) is -0.0264. The van der Waals surface area contributed by atoms with Gasteiger partial charge < -0.3 is 27.2 Å². The number of unbranched alkanes of at least 4 members (excludes halogenated alkanes) is 2. The predicted molar refractivity (Wildman–Crippen MR) is 193 cm³/mol. The highest BCUT2D eigenvalue weighted by Gasteiger charge is 2.31. The van der Waals surface area contributed by atoms with E-state index in [0.29, 0.717) is 34.7 Å². The largest absolute Gasteiger partial charge is 0.507 e. The molecule has 2 fully saturated rings. The summed E-state index contributed by atoms with van der Waals surface area (Å²) >= 11 is 0. The zero-order valence-electron chi connectivity index (χ0n) is 28.6.